The molecule has 0 aliphatic heterocycles. The molecule has 2 aromatic rings. The van der Waals surface area contributed by atoms with Gasteiger partial charge in [0, 0.05) is 11.1 Å². The molecule has 2 rings (SSSR count). The number of ether oxygens (including phenoxy) is 2. The summed E-state index contributed by atoms with van der Waals surface area (Å²) in [7, 11) is -3.56. The zero-order chi connectivity index (χ0) is 23.3. The van der Waals surface area contributed by atoms with E-state index in [0.29, 0.717) is 11.4 Å². The number of anilines is 1. The quantitative estimate of drug-likeness (QED) is 0.565. The summed E-state index contributed by atoms with van der Waals surface area (Å²) in [5.41, 5.74) is 0.819. The molecule has 1 aromatic heterocycles. The molecule has 0 bridgehead atoms. The normalized spacial score (nSPS) is 11.1. The van der Waals surface area contributed by atoms with Crippen LogP contribution in [0.2, 0.25) is 5.02 Å². The van der Waals surface area contributed by atoms with Crippen molar-refractivity contribution in [3.05, 3.63) is 44.8 Å². The lowest BCUT2D eigenvalue weighted by atomic mass is 10.1. The van der Waals surface area contributed by atoms with Gasteiger partial charge in [0.2, 0.25) is 0 Å². The summed E-state index contributed by atoms with van der Waals surface area (Å²) in [4.78, 5) is 37.7. The van der Waals surface area contributed by atoms with E-state index in [0.717, 1.165) is 22.8 Å². The van der Waals surface area contributed by atoms with Gasteiger partial charge in [-0.15, -0.1) is 11.3 Å². The minimum absolute atomic E-state index is 0.0103. The topological polar surface area (TPSA) is 116 Å². The van der Waals surface area contributed by atoms with Gasteiger partial charge in [0.25, 0.3) is 5.91 Å². The highest BCUT2D eigenvalue weighted by molar-refractivity contribution is 7.90. The lowest BCUT2D eigenvalue weighted by molar-refractivity contribution is -0.119. The molecule has 0 aliphatic rings. The van der Waals surface area contributed by atoms with E-state index in [4.69, 9.17) is 21.1 Å². The van der Waals surface area contributed by atoms with Crippen molar-refractivity contribution in [1.29, 1.82) is 0 Å². The third-order valence-electron chi connectivity index (χ3n) is 4.22. The number of benzene rings is 1. The number of hydrogen-bond donors (Lipinski definition) is 1. The fourth-order valence-electron chi connectivity index (χ4n) is 2.70. The SMILES string of the molecule is CCOC(=O)c1c(NC(=O)COC(=O)c2cc(S(C)(=O)=O)ccc2Cl)sc(CC)c1C. The Morgan fingerprint density at radius 2 is 1.81 bits per heavy atom. The predicted molar refractivity (Wildman–Crippen MR) is 118 cm³/mol. The number of sulfone groups is 1. The highest BCUT2D eigenvalue weighted by Gasteiger charge is 2.24. The lowest BCUT2D eigenvalue weighted by Gasteiger charge is -2.09. The molecule has 31 heavy (non-hydrogen) atoms. The predicted octanol–water partition coefficient (Wildman–Crippen LogP) is 3.65. The van der Waals surface area contributed by atoms with Crippen LogP contribution >= 0.6 is 22.9 Å². The maximum Gasteiger partial charge on any atom is 0.341 e. The summed E-state index contributed by atoms with van der Waals surface area (Å²) in [6.45, 7) is 4.91. The Kier molecular flexibility index (Phi) is 8.21. The van der Waals surface area contributed by atoms with E-state index < -0.39 is 34.3 Å². The van der Waals surface area contributed by atoms with Gasteiger partial charge in [-0.25, -0.2) is 18.0 Å². The Hall–Kier alpha value is -2.43. The van der Waals surface area contributed by atoms with Gasteiger partial charge in [-0.3, -0.25) is 4.79 Å². The van der Waals surface area contributed by atoms with Crippen molar-refractivity contribution >= 4 is 55.6 Å². The summed E-state index contributed by atoms with van der Waals surface area (Å²) < 4.78 is 33.4. The Balaban J connectivity index is 2.14. The van der Waals surface area contributed by atoms with E-state index in [1.54, 1.807) is 13.8 Å². The summed E-state index contributed by atoms with van der Waals surface area (Å²) in [6.07, 6.45) is 1.66. The third-order valence-corrected chi connectivity index (χ3v) is 7.01. The van der Waals surface area contributed by atoms with E-state index in [1.165, 1.54) is 23.5 Å². The van der Waals surface area contributed by atoms with Gasteiger partial charge < -0.3 is 14.8 Å². The van der Waals surface area contributed by atoms with Crippen LogP contribution in [0.4, 0.5) is 5.00 Å². The smallest absolute Gasteiger partial charge is 0.341 e. The first kappa shape index (κ1) is 24.8. The molecule has 1 N–H and O–H groups in total. The number of hydrogen-bond acceptors (Lipinski definition) is 8. The molecule has 0 fully saturated rings. The Bertz CT molecular complexity index is 1120. The third kappa shape index (κ3) is 6.05. The van der Waals surface area contributed by atoms with Gasteiger partial charge in [-0.05, 0) is 44.0 Å². The largest absolute Gasteiger partial charge is 0.462 e. The first-order valence-corrected chi connectivity index (χ1v) is 12.3. The van der Waals surface area contributed by atoms with Crippen LogP contribution in [0.1, 0.15) is 45.0 Å². The first-order valence-electron chi connectivity index (χ1n) is 9.25. The standard InChI is InChI=1S/C20H22ClNO7S2/c1-5-15-11(3)17(20(25)28-6-2)18(30-15)22-16(23)10-29-19(24)13-9-12(31(4,26)27)7-8-14(13)21/h7-9H,5-6,10H2,1-4H3,(H,22,23). The molecular weight excluding hydrogens is 466 g/mol. The van der Waals surface area contributed by atoms with Crippen LogP contribution in [0.25, 0.3) is 0 Å². The Morgan fingerprint density at radius 3 is 2.39 bits per heavy atom. The van der Waals surface area contributed by atoms with Gasteiger partial charge in [-0.2, -0.15) is 0 Å². The van der Waals surface area contributed by atoms with Crippen LogP contribution in [0.5, 0.6) is 0 Å². The average Bonchev–Trinajstić information content (AvgIpc) is 3.00. The minimum Gasteiger partial charge on any atom is -0.462 e. The number of esters is 2. The van der Waals surface area contributed by atoms with Gasteiger partial charge in [0.15, 0.2) is 16.4 Å². The fraction of sp³-hybridized carbons (Fsp3) is 0.350. The number of carbonyl (C=O) groups excluding carboxylic acids is 3. The van der Waals surface area contributed by atoms with Crippen LogP contribution in [-0.4, -0.2) is 45.7 Å². The van der Waals surface area contributed by atoms with Crippen molar-refractivity contribution in [2.24, 2.45) is 0 Å². The van der Waals surface area contributed by atoms with Gasteiger partial charge in [0.1, 0.15) is 5.00 Å². The molecule has 0 saturated heterocycles. The van der Waals surface area contributed by atoms with Gasteiger partial charge in [0.05, 0.1) is 27.7 Å². The molecule has 0 unspecified atom stereocenters. The summed E-state index contributed by atoms with van der Waals surface area (Å²) in [5.74, 6) is -2.17. The average molecular weight is 488 g/mol. The van der Waals surface area contributed by atoms with Crippen molar-refractivity contribution in [3.8, 4) is 0 Å². The molecule has 168 valence electrons. The van der Waals surface area contributed by atoms with E-state index in [2.05, 4.69) is 5.32 Å². The second-order valence-corrected chi connectivity index (χ2v) is 9.99. The number of amides is 1. The van der Waals surface area contributed by atoms with E-state index in [-0.39, 0.29) is 27.7 Å². The molecule has 0 radical (unpaired) electrons. The van der Waals surface area contributed by atoms with Crippen LogP contribution in [0, 0.1) is 6.92 Å². The molecule has 0 atom stereocenters. The molecule has 8 nitrogen and oxygen atoms in total. The van der Waals surface area contributed by atoms with E-state index in [9.17, 15) is 22.8 Å². The molecule has 1 amide bonds. The zero-order valence-corrected chi connectivity index (χ0v) is 19.8. The number of thiophene rings is 1. The lowest BCUT2D eigenvalue weighted by Crippen LogP contribution is -2.22. The second-order valence-electron chi connectivity index (χ2n) is 6.47. The number of rotatable bonds is 8. The van der Waals surface area contributed by atoms with E-state index >= 15 is 0 Å². The highest BCUT2D eigenvalue weighted by atomic mass is 35.5. The van der Waals surface area contributed by atoms with E-state index in [1.807, 2.05) is 6.92 Å². The summed E-state index contributed by atoms with van der Waals surface area (Å²) in [5, 5.41) is 2.88. The van der Waals surface area contributed by atoms with Gasteiger partial charge in [-0.1, -0.05) is 18.5 Å². The summed E-state index contributed by atoms with van der Waals surface area (Å²) in [6, 6.07) is 3.62. The van der Waals surface area contributed by atoms with Crippen molar-refractivity contribution in [2.45, 2.75) is 32.1 Å². The van der Waals surface area contributed by atoms with Crippen molar-refractivity contribution in [3.63, 3.8) is 0 Å². The molecule has 11 heteroatoms. The molecule has 0 saturated carbocycles. The summed E-state index contributed by atoms with van der Waals surface area (Å²) >= 11 is 7.21. The van der Waals surface area contributed by atoms with Crippen molar-refractivity contribution in [2.75, 3.05) is 24.8 Å². The van der Waals surface area contributed by atoms with Crippen LogP contribution < -0.4 is 5.32 Å². The second kappa shape index (κ2) is 10.3. The minimum atomic E-state index is -3.56. The first-order chi connectivity index (χ1) is 14.5. The maximum absolute atomic E-state index is 12.3. The molecule has 0 aliphatic carbocycles. The number of aryl methyl sites for hydroxylation is 1. The maximum atomic E-state index is 12.3. The number of carbonyl (C=O) groups is 3. The van der Waals surface area contributed by atoms with Crippen LogP contribution in [0.15, 0.2) is 23.1 Å². The van der Waals surface area contributed by atoms with Crippen molar-refractivity contribution < 1.29 is 32.3 Å². The molecule has 1 heterocycles. The Morgan fingerprint density at radius 1 is 1.13 bits per heavy atom. The van der Waals surface area contributed by atoms with Crippen LogP contribution in [0.3, 0.4) is 0 Å². The fourth-order valence-corrected chi connectivity index (χ4v) is 4.69. The van der Waals surface area contributed by atoms with Crippen LogP contribution in [-0.2, 0) is 30.5 Å². The number of halogens is 1. The molecular formula is C20H22ClNO7S2. The van der Waals surface area contributed by atoms with Gasteiger partial charge >= 0.3 is 11.9 Å². The number of nitrogens with one attached hydrogen (secondary N) is 1. The monoisotopic (exact) mass is 487 g/mol. The highest BCUT2D eigenvalue weighted by Crippen LogP contribution is 2.34. The molecule has 1 aromatic carbocycles. The zero-order valence-electron chi connectivity index (χ0n) is 17.4. The molecule has 0 spiro atoms. The Labute approximate surface area is 189 Å². The van der Waals surface area contributed by atoms with Crippen molar-refractivity contribution in [1.82, 2.24) is 0 Å².